The highest BCUT2D eigenvalue weighted by Gasteiger charge is 2.30. The molecule has 2 rings (SSSR count). The van der Waals surface area contributed by atoms with Crippen LogP contribution in [0.5, 0.6) is 0 Å². The minimum atomic E-state index is 0.242. The number of rotatable bonds is 3. The van der Waals surface area contributed by atoms with Gasteiger partial charge in [0.25, 0.3) is 0 Å². The minimum Gasteiger partial charge on any atom is -0.298 e. The Hall–Kier alpha value is -0.410. The van der Waals surface area contributed by atoms with E-state index in [1.165, 1.54) is 19.3 Å². The molecule has 0 bridgehead atoms. The van der Waals surface area contributed by atoms with E-state index in [9.17, 15) is 4.79 Å². The molecule has 1 aliphatic heterocycles. The number of hydrogen-bond acceptors (Lipinski definition) is 3. The fraction of sp³-hybridized carbons (Fsp3) is 0.933. The van der Waals surface area contributed by atoms with Gasteiger partial charge in [-0.25, -0.2) is 0 Å². The molecule has 0 radical (unpaired) electrons. The van der Waals surface area contributed by atoms with E-state index in [1.807, 2.05) is 0 Å². The quantitative estimate of drug-likeness (QED) is 0.720. The maximum absolute atomic E-state index is 12.1. The average Bonchev–Trinajstić information content (AvgIpc) is 2.63. The van der Waals surface area contributed by atoms with E-state index in [0.29, 0.717) is 11.8 Å². The largest absolute Gasteiger partial charge is 0.298 e. The van der Waals surface area contributed by atoms with Gasteiger partial charge in [0, 0.05) is 38.6 Å². The van der Waals surface area contributed by atoms with E-state index in [4.69, 9.17) is 0 Å². The van der Waals surface area contributed by atoms with Gasteiger partial charge in [-0.2, -0.15) is 0 Å². The smallest absolute Gasteiger partial charge is 0.149 e. The summed E-state index contributed by atoms with van der Waals surface area (Å²) in [5.74, 6) is 0.504. The molecule has 0 N–H and O–H groups in total. The molecule has 3 nitrogen and oxygen atoms in total. The van der Waals surface area contributed by atoms with Crippen molar-refractivity contribution >= 4 is 5.78 Å². The van der Waals surface area contributed by atoms with Gasteiger partial charge in [0.2, 0.25) is 0 Å². The Kier molecular flexibility index (Phi) is 5.19. The fourth-order valence-electron chi connectivity index (χ4n) is 3.28. The highest BCUT2D eigenvalue weighted by Crippen LogP contribution is 2.21. The zero-order chi connectivity index (χ0) is 13.0. The lowest BCUT2D eigenvalue weighted by Crippen LogP contribution is -2.54. The van der Waals surface area contributed by atoms with Gasteiger partial charge in [0.1, 0.15) is 5.78 Å². The molecule has 1 heterocycles. The van der Waals surface area contributed by atoms with E-state index in [1.54, 1.807) is 0 Å². The van der Waals surface area contributed by atoms with E-state index < -0.39 is 0 Å². The Labute approximate surface area is 112 Å². The molecule has 1 saturated heterocycles. The summed E-state index contributed by atoms with van der Waals surface area (Å²) in [6, 6.07) is 0.934. The Balaban J connectivity index is 1.86. The van der Waals surface area contributed by atoms with Crippen molar-refractivity contribution in [2.75, 3.05) is 26.2 Å². The molecule has 104 valence electrons. The molecule has 1 aliphatic carbocycles. The molecule has 0 amide bonds. The van der Waals surface area contributed by atoms with Gasteiger partial charge in [0.15, 0.2) is 0 Å². The third-order valence-corrected chi connectivity index (χ3v) is 4.78. The standard InChI is InChI=1S/C15H28N2O/c1-3-13(2)16-9-11-17(12-10-16)14-7-5-4-6-8-15(14)18/h13-14H,3-12H2,1-2H3. The normalized spacial score (nSPS) is 30.1. The predicted molar refractivity (Wildman–Crippen MR) is 74.8 cm³/mol. The molecule has 0 spiro atoms. The highest BCUT2D eigenvalue weighted by atomic mass is 16.1. The lowest BCUT2D eigenvalue weighted by molar-refractivity contribution is -0.125. The number of carbonyl (C=O) groups is 1. The second-order valence-corrected chi connectivity index (χ2v) is 5.91. The average molecular weight is 252 g/mol. The number of carbonyl (C=O) groups excluding carboxylic acids is 1. The second-order valence-electron chi connectivity index (χ2n) is 5.91. The topological polar surface area (TPSA) is 23.6 Å². The van der Waals surface area contributed by atoms with Gasteiger partial charge < -0.3 is 0 Å². The van der Waals surface area contributed by atoms with Crippen LogP contribution in [0, 0.1) is 0 Å². The van der Waals surface area contributed by atoms with E-state index in [0.717, 1.165) is 45.4 Å². The van der Waals surface area contributed by atoms with Crippen molar-refractivity contribution in [1.82, 2.24) is 9.80 Å². The number of piperazine rings is 1. The predicted octanol–water partition coefficient (Wildman–Crippen LogP) is 2.30. The van der Waals surface area contributed by atoms with Gasteiger partial charge in [-0.1, -0.05) is 19.8 Å². The minimum absolute atomic E-state index is 0.242. The van der Waals surface area contributed by atoms with Gasteiger partial charge in [-0.3, -0.25) is 14.6 Å². The molecule has 1 saturated carbocycles. The molecule has 3 heteroatoms. The van der Waals surface area contributed by atoms with Gasteiger partial charge in [0.05, 0.1) is 6.04 Å². The van der Waals surface area contributed by atoms with E-state index >= 15 is 0 Å². The molecular weight excluding hydrogens is 224 g/mol. The van der Waals surface area contributed by atoms with Gasteiger partial charge in [-0.15, -0.1) is 0 Å². The van der Waals surface area contributed by atoms with Crippen molar-refractivity contribution in [2.45, 2.75) is 64.5 Å². The number of hydrogen-bond donors (Lipinski definition) is 0. The summed E-state index contributed by atoms with van der Waals surface area (Å²) in [4.78, 5) is 17.1. The third-order valence-electron chi connectivity index (χ3n) is 4.78. The third kappa shape index (κ3) is 3.33. The number of nitrogens with zero attached hydrogens (tertiary/aromatic N) is 2. The maximum atomic E-state index is 12.1. The second kappa shape index (κ2) is 6.67. The Morgan fingerprint density at radius 1 is 1.17 bits per heavy atom. The van der Waals surface area contributed by atoms with Crippen molar-refractivity contribution in [1.29, 1.82) is 0 Å². The lowest BCUT2D eigenvalue weighted by atomic mass is 10.0. The Morgan fingerprint density at radius 3 is 2.56 bits per heavy atom. The van der Waals surface area contributed by atoms with E-state index in [2.05, 4.69) is 23.6 Å². The Bertz CT molecular complexity index is 272. The summed E-state index contributed by atoms with van der Waals surface area (Å²) in [5, 5.41) is 0. The van der Waals surface area contributed by atoms with Gasteiger partial charge in [-0.05, 0) is 26.2 Å². The summed E-state index contributed by atoms with van der Waals surface area (Å²) in [6.45, 7) is 9.01. The van der Waals surface area contributed by atoms with Crippen molar-refractivity contribution in [3.8, 4) is 0 Å². The summed E-state index contributed by atoms with van der Waals surface area (Å²) in [7, 11) is 0. The fourth-order valence-corrected chi connectivity index (χ4v) is 3.28. The molecule has 0 aromatic carbocycles. The molecule has 2 unspecified atom stereocenters. The number of ketones is 1. The molecule has 2 aliphatic rings. The first-order valence-corrected chi connectivity index (χ1v) is 7.73. The van der Waals surface area contributed by atoms with Crippen LogP contribution in [0.3, 0.4) is 0 Å². The molecule has 0 aromatic rings. The van der Waals surface area contributed by atoms with Crippen molar-refractivity contribution in [3.05, 3.63) is 0 Å². The van der Waals surface area contributed by atoms with Crippen LogP contribution in [0.2, 0.25) is 0 Å². The zero-order valence-corrected chi connectivity index (χ0v) is 12.0. The highest BCUT2D eigenvalue weighted by molar-refractivity contribution is 5.84. The molecular formula is C15H28N2O. The van der Waals surface area contributed by atoms with Crippen molar-refractivity contribution in [2.24, 2.45) is 0 Å². The van der Waals surface area contributed by atoms with Crippen LogP contribution in [0.15, 0.2) is 0 Å². The Morgan fingerprint density at radius 2 is 1.89 bits per heavy atom. The lowest BCUT2D eigenvalue weighted by Gasteiger charge is -2.40. The van der Waals surface area contributed by atoms with Crippen LogP contribution in [-0.2, 0) is 4.79 Å². The van der Waals surface area contributed by atoms with Crippen LogP contribution in [-0.4, -0.2) is 53.8 Å². The summed E-state index contributed by atoms with van der Waals surface area (Å²) in [6.07, 6.45) is 6.74. The van der Waals surface area contributed by atoms with Gasteiger partial charge >= 0.3 is 0 Å². The summed E-state index contributed by atoms with van der Waals surface area (Å²) < 4.78 is 0. The first-order chi connectivity index (χ1) is 8.72. The van der Waals surface area contributed by atoms with Crippen molar-refractivity contribution < 1.29 is 4.79 Å². The maximum Gasteiger partial charge on any atom is 0.149 e. The molecule has 2 atom stereocenters. The van der Waals surface area contributed by atoms with E-state index in [-0.39, 0.29) is 6.04 Å². The van der Waals surface area contributed by atoms with Crippen LogP contribution >= 0.6 is 0 Å². The summed E-state index contributed by atoms with van der Waals surface area (Å²) in [5.41, 5.74) is 0. The monoisotopic (exact) mass is 252 g/mol. The first kappa shape index (κ1) is 14.0. The van der Waals surface area contributed by atoms with Crippen LogP contribution in [0.25, 0.3) is 0 Å². The molecule has 18 heavy (non-hydrogen) atoms. The van der Waals surface area contributed by atoms with Crippen molar-refractivity contribution in [3.63, 3.8) is 0 Å². The molecule has 0 aromatic heterocycles. The van der Waals surface area contributed by atoms with Crippen LogP contribution < -0.4 is 0 Å². The SMILES string of the molecule is CCC(C)N1CCN(C2CCCCCC2=O)CC1. The number of Topliss-reactive ketones (excluding diaryl/α,β-unsaturated/α-hetero) is 1. The zero-order valence-electron chi connectivity index (χ0n) is 12.0. The first-order valence-electron chi connectivity index (χ1n) is 7.73. The molecule has 2 fully saturated rings. The van der Waals surface area contributed by atoms with Crippen LogP contribution in [0.4, 0.5) is 0 Å². The summed E-state index contributed by atoms with van der Waals surface area (Å²) >= 11 is 0. The van der Waals surface area contributed by atoms with Crippen LogP contribution in [0.1, 0.15) is 52.4 Å².